The molecule has 2 heterocycles. The van der Waals surface area contributed by atoms with Crippen LogP contribution in [0.5, 0.6) is 0 Å². The van der Waals surface area contributed by atoms with Gasteiger partial charge in [0.05, 0.1) is 5.69 Å². The summed E-state index contributed by atoms with van der Waals surface area (Å²) in [7, 11) is 0. The van der Waals surface area contributed by atoms with Gasteiger partial charge in [0.1, 0.15) is 23.1 Å². The molecule has 5 aromatic rings. The number of rotatable bonds is 7. The maximum absolute atomic E-state index is 14.8. The number of nitrogens with zero attached hydrogens (tertiary/aromatic N) is 3. The highest BCUT2D eigenvalue weighted by molar-refractivity contribution is 5.94. The van der Waals surface area contributed by atoms with Gasteiger partial charge in [0, 0.05) is 35.7 Å². The van der Waals surface area contributed by atoms with E-state index in [1.807, 2.05) is 6.07 Å². The molecule has 0 radical (unpaired) electrons. The number of benzene rings is 3. The summed E-state index contributed by atoms with van der Waals surface area (Å²) in [6, 6.07) is 18.8. The van der Waals surface area contributed by atoms with Gasteiger partial charge in [-0.3, -0.25) is 14.2 Å². The van der Waals surface area contributed by atoms with Crippen LogP contribution in [0.15, 0.2) is 83.7 Å². The van der Waals surface area contributed by atoms with E-state index in [4.69, 9.17) is 0 Å². The van der Waals surface area contributed by atoms with Crippen LogP contribution in [-0.4, -0.2) is 33.5 Å². The quantitative estimate of drug-likeness (QED) is 0.289. The highest BCUT2D eigenvalue weighted by Gasteiger charge is 2.20. The second-order valence-electron chi connectivity index (χ2n) is 8.72. The number of hydrogen-bond donors (Lipinski definition) is 2. The number of hydrogen-bond acceptors (Lipinski definition) is 5. The highest BCUT2D eigenvalue weighted by Crippen LogP contribution is 2.31. The topological polar surface area (TPSA) is 88.9 Å². The van der Waals surface area contributed by atoms with Crippen LogP contribution in [0.25, 0.3) is 28.0 Å². The number of carbonyl (C=O) groups is 1. The maximum Gasteiger partial charge on any atom is 0.256 e. The lowest BCUT2D eigenvalue weighted by molar-refractivity contribution is 0.0955. The summed E-state index contributed by atoms with van der Waals surface area (Å²) < 4.78 is 44.3. The molecule has 0 spiro atoms. The molecule has 5 rings (SSSR count). The van der Waals surface area contributed by atoms with E-state index in [1.54, 1.807) is 31.2 Å². The lowest BCUT2D eigenvalue weighted by Gasteiger charge is -2.16. The van der Waals surface area contributed by atoms with Gasteiger partial charge in [0.2, 0.25) is 5.95 Å². The minimum atomic E-state index is -0.944. The third-order valence-corrected chi connectivity index (χ3v) is 6.08. The van der Waals surface area contributed by atoms with E-state index in [1.165, 1.54) is 36.4 Å². The van der Waals surface area contributed by atoms with Crippen LogP contribution in [0.4, 0.5) is 19.1 Å². The number of pyridine rings is 1. The highest BCUT2D eigenvalue weighted by atomic mass is 19.1. The third kappa shape index (κ3) is 5.22. The van der Waals surface area contributed by atoms with Crippen molar-refractivity contribution >= 4 is 22.9 Å². The van der Waals surface area contributed by atoms with E-state index >= 15 is 0 Å². The van der Waals surface area contributed by atoms with E-state index in [0.29, 0.717) is 27.8 Å². The van der Waals surface area contributed by atoms with Crippen LogP contribution >= 0.6 is 0 Å². The fourth-order valence-electron chi connectivity index (χ4n) is 4.25. The van der Waals surface area contributed by atoms with Gasteiger partial charge in [-0.1, -0.05) is 24.3 Å². The monoisotopic (exact) mass is 529 g/mol. The summed E-state index contributed by atoms with van der Waals surface area (Å²) in [5.74, 6) is -2.54. The summed E-state index contributed by atoms with van der Waals surface area (Å²) in [6.45, 7) is 2.12. The zero-order valence-corrected chi connectivity index (χ0v) is 20.7. The smallest absolute Gasteiger partial charge is 0.256 e. The average molecular weight is 530 g/mol. The first-order valence-electron chi connectivity index (χ1n) is 12.1. The molecule has 3 aromatic carbocycles. The molecule has 196 valence electrons. The Labute approximate surface area is 221 Å². The van der Waals surface area contributed by atoms with Crippen molar-refractivity contribution in [1.82, 2.24) is 19.9 Å². The van der Waals surface area contributed by atoms with E-state index in [0.717, 1.165) is 16.7 Å². The third-order valence-electron chi connectivity index (χ3n) is 6.08. The van der Waals surface area contributed by atoms with Gasteiger partial charge >= 0.3 is 0 Å². The molecule has 0 atom stereocenters. The number of anilines is 1. The van der Waals surface area contributed by atoms with Crippen LogP contribution in [0.3, 0.4) is 0 Å². The van der Waals surface area contributed by atoms with Crippen LogP contribution < -0.4 is 16.2 Å². The molecule has 39 heavy (non-hydrogen) atoms. The lowest BCUT2D eigenvalue weighted by Crippen LogP contribution is -2.29. The van der Waals surface area contributed by atoms with Crippen molar-refractivity contribution in [3.05, 3.63) is 118 Å². The van der Waals surface area contributed by atoms with Crippen molar-refractivity contribution in [2.24, 2.45) is 0 Å². The molecule has 1 amide bonds. The Bertz CT molecular complexity index is 1740. The minimum absolute atomic E-state index is 0.0453. The zero-order valence-electron chi connectivity index (χ0n) is 20.7. The molecule has 7 nitrogen and oxygen atoms in total. The van der Waals surface area contributed by atoms with E-state index in [2.05, 4.69) is 20.6 Å². The predicted molar refractivity (Wildman–Crippen MR) is 142 cm³/mol. The van der Waals surface area contributed by atoms with E-state index in [-0.39, 0.29) is 30.6 Å². The first-order chi connectivity index (χ1) is 18.8. The summed E-state index contributed by atoms with van der Waals surface area (Å²) in [4.78, 5) is 34.3. The number of amides is 1. The first kappa shape index (κ1) is 25.7. The Kier molecular flexibility index (Phi) is 7.09. The summed E-state index contributed by atoms with van der Waals surface area (Å²) in [6.07, 6.45) is 0. The Morgan fingerprint density at radius 3 is 2.33 bits per heavy atom. The predicted octanol–water partition coefficient (Wildman–Crippen LogP) is 5.02. The Hall–Kier alpha value is -4.99. The number of aromatic nitrogens is 3. The summed E-state index contributed by atoms with van der Waals surface area (Å²) in [5.41, 5.74) is 0.622. The Morgan fingerprint density at radius 1 is 0.872 bits per heavy atom. The van der Waals surface area contributed by atoms with Gasteiger partial charge < -0.3 is 10.6 Å². The zero-order chi connectivity index (χ0) is 27.5. The van der Waals surface area contributed by atoms with Gasteiger partial charge in [0.25, 0.3) is 11.5 Å². The van der Waals surface area contributed by atoms with Gasteiger partial charge in [-0.05, 0) is 61.0 Å². The Morgan fingerprint density at radius 2 is 1.62 bits per heavy atom. The lowest BCUT2D eigenvalue weighted by atomic mass is 10.0. The Balaban J connectivity index is 1.58. The average Bonchev–Trinajstić information content (AvgIpc) is 2.92. The first-order valence-corrected chi connectivity index (χ1v) is 12.1. The van der Waals surface area contributed by atoms with Crippen molar-refractivity contribution in [3.8, 4) is 16.9 Å². The normalized spacial score (nSPS) is 11.0. The number of nitrogens with one attached hydrogen (secondary N) is 2. The van der Waals surface area contributed by atoms with Gasteiger partial charge in [-0.15, -0.1) is 0 Å². The van der Waals surface area contributed by atoms with Gasteiger partial charge in [0.15, 0.2) is 5.65 Å². The molecule has 0 saturated carbocycles. The van der Waals surface area contributed by atoms with Gasteiger partial charge in [-0.2, -0.15) is 4.98 Å². The molecular weight excluding hydrogens is 507 g/mol. The molecule has 0 saturated heterocycles. The van der Waals surface area contributed by atoms with Crippen LogP contribution in [0.2, 0.25) is 0 Å². The maximum atomic E-state index is 14.8. The molecule has 0 aliphatic heterocycles. The number of halogens is 3. The molecule has 0 bridgehead atoms. The molecule has 2 N–H and O–H groups in total. The second-order valence-corrected chi connectivity index (χ2v) is 8.72. The van der Waals surface area contributed by atoms with Crippen LogP contribution in [0, 0.1) is 24.4 Å². The molecule has 2 aromatic heterocycles. The minimum Gasteiger partial charge on any atom is -0.352 e. The molecule has 0 fully saturated rings. The van der Waals surface area contributed by atoms with Crippen molar-refractivity contribution < 1.29 is 18.0 Å². The molecule has 0 aliphatic carbocycles. The molecule has 0 aliphatic rings. The van der Waals surface area contributed by atoms with E-state index in [9.17, 15) is 22.8 Å². The second kappa shape index (κ2) is 10.8. The standard InChI is InChI=1S/C29H22F3N5O2/c1-17-16-19(30)10-11-20(17)25-21-12-13-24(38)37(26-22(31)8-5-9-23(26)32)27(21)36-29(35-25)34-15-14-33-28(39)18-6-3-2-4-7-18/h2-13,16H,14-15H2,1H3,(H,33,39)(H,34,35,36). The number of carbonyl (C=O) groups excluding carboxylic acids is 1. The largest absolute Gasteiger partial charge is 0.352 e. The van der Waals surface area contributed by atoms with E-state index < -0.39 is 28.7 Å². The summed E-state index contributed by atoms with van der Waals surface area (Å²) in [5, 5.41) is 6.10. The molecular formula is C29H22F3N5O2. The fraction of sp³-hybridized carbons (Fsp3) is 0.103. The van der Waals surface area contributed by atoms with Crippen molar-refractivity contribution in [2.75, 3.05) is 18.4 Å². The molecule has 0 unspecified atom stereocenters. The van der Waals surface area contributed by atoms with Crippen molar-refractivity contribution in [3.63, 3.8) is 0 Å². The summed E-state index contributed by atoms with van der Waals surface area (Å²) >= 11 is 0. The van der Waals surface area contributed by atoms with Crippen molar-refractivity contribution in [2.45, 2.75) is 6.92 Å². The SMILES string of the molecule is Cc1cc(F)ccc1-c1nc(NCCNC(=O)c2ccccc2)nc2c1ccc(=O)n2-c1c(F)cccc1F. The van der Waals surface area contributed by atoms with Crippen LogP contribution in [0.1, 0.15) is 15.9 Å². The number of fused-ring (bicyclic) bond motifs is 1. The number of para-hydroxylation sites is 1. The van der Waals surface area contributed by atoms with Crippen molar-refractivity contribution in [1.29, 1.82) is 0 Å². The van der Waals surface area contributed by atoms with Gasteiger partial charge in [-0.25, -0.2) is 18.2 Å². The van der Waals surface area contributed by atoms with Crippen LogP contribution in [-0.2, 0) is 0 Å². The molecule has 10 heteroatoms. The fourth-order valence-corrected chi connectivity index (χ4v) is 4.25. The number of aryl methyl sites for hydroxylation is 1.